The van der Waals surface area contributed by atoms with Gasteiger partial charge in [-0.1, -0.05) is 18.2 Å². The van der Waals surface area contributed by atoms with Gasteiger partial charge in [-0.2, -0.15) is 0 Å². The summed E-state index contributed by atoms with van der Waals surface area (Å²) in [7, 11) is 0. The summed E-state index contributed by atoms with van der Waals surface area (Å²) in [6, 6.07) is 6.28. The largest absolute Gasteiger partial charge is 0.465 e. The van der Waals surface area contributed by atoms with Crippen LogP contribution in [0.4, 0.5) is 0 Å². The number of hydrogen-bond acceptors (Lipinski definition) is 3. The Labute approximate surface area is 122 Å². The van der Waals surface area contributed by atoms with Gasteiger partial charge >= 0.3 is 5.97 Å². The number of carbonyl (C=O) groups excluding carboxylic acids is 1. The molecule has 0 saturated heterocycles. The van der Waals surface area contributed by atoms with Gasteiger partial charge < -0.3 is 9.84 Å². The van der Waals surface area contributed by atoms with Crippen molar-refractivity contribution in [3.63, 3.8) is 0 Å². The topological polar surface area (TPSA) is 46.5 Å². The molecule has 0 aromatic heterocycles. The fraction of sp³-hybridized carbons (Fsp3) is 0.588. The van der Waals surface area contributed by atoms with E-state index >= 15 is 0 Å². The van der Waals surface area contributed by atoms with Crippen LogP contribution in [-0.2, 0) is 16.0 Å². The summed E-state index contributed by atoms with van der Waals surface area (Å²) in [5.41, 5.74) is 3.17. The maximum Gasteiger partial charge on any atom is 0.311 e. The number of carbonyl (C=O) groups is 1. The first kappa shape index (κ1) is 16.7. The van der Waals surface area contributed by atoms with Gasteiger partial charge in [-0.05, 0) is 57.7 Å². The normalized spacial score (nSPS) is 13.1. The standard InChI is InChI=1S/C17H26O3/c1-12-6-7-14(8-13(12)2)9-15(10-18)11-20-16(19)17(3,4)5/h6-8,15,18H,9-11H2,1-5H3. The smallest absolute Gasteiger partial charge is 0.311 e. The van der Waals surface area contributed by atoms with Crippen LogP contribution >= 0.6 is 0 Å². The van der Waals surface area contributed by atoms with Gasteiger partial charge in [0.15, 0.2) is 0 Å². The molecule has 3 nitrogen and oxygen atoms in total. The second-order valence-electron chi connectivity index (χ2n) is 6.52. The molecule has 0 heterocycles. The molecule has 0 bridgehead atoms. The molecule has 1 rings (SSSR count). The summed E-state index contributed by atoms with van der Waals surface area (Å²) in [6.45, 7) is 9.91. The van der Waals surface area contributed by atoms with E-state index in [1.165, 1.54) is 16.7 Å². The fourth-order valence-corrected chi connectivity index (χ4v) is 1.85. The van der Waals surface area contributed by atoms with Crippen LogP contribution in [0.1, 0.15) is 37.5 Å². The molecule has 0 radical (unpaired) electrons. The third kappa shape index (κ3) is 4.97. The summed E-state index contributed by atoms with van der Waals surface area (Å²) < 4.78 is 5.29. The van der Waals surface area contributed by atoms with Gasteiger partial charge in [0.2, 0.25) is 0 Å². The zero-order valence-electron chi connectivity index (χ0n) is 13.2. The SMILES string of the molecule is Cc1ccc(CC(CO)COC(=O)C(C)(C)C)cc1C. The van der Waals surface area contributed by atoms with Crippen molar-refractivity contribution < 1.29 is 14.6 Å². The van der Waals surface area contributed by atoms with Crippen LogP contribution in [-0.4, -0.2) is 24.3 Å². The first-order valence-electron chi connectivity index (χ1n) is 7.08. The number of aliphatic hydroxyl groups excluding tert-OH is 1. The van der Waals surface area contributed by atoms with Crippen LogP contribution in [0.15, 0.2) is 18.2 Å². The lowest BCUT2D eigenvalue weighted by molar-refractivity contribution is -0.154. The Kier molecular flexibility index (Phi) is 5.75. The zero-order chi connectivity index (χ0) is 15.3. The molecule has 1 unspecified atom stereocenters. The van der Waals surface area contributed by atoms with Gasteiger partial charge in [-0.3, -0.25) is 4.79 Å². The van der Waals surface area contributed by atoms with Crippen LogP contribution in [0, 0.1) is 25.2 Å². The number of aryl methyl sites for hydroxylation is 2. The van der Waals surface area contributed by atoms with Crippen molar-refractivity contribution in [1.82, 2.24) is 0 Å². The van der Waals surface area contributed by atoms with Crippen LogP contribution in [0.3, 0.4) is 0 Å². The van der Waals surface area contributed by atoms with Crippen molar-refractivity contribution in [3.05, 3.63) is 34.9 Å². The van der Waals surface area contributed by atoms with Crippen molar-refractivity contribution in [2.75, 3.05) is 13.2 Å². The molecule has 1 atom stereocenters. The van der Waals surface area contributed by atoms with Gasteiger partial charge in [-0.25, -0.2) is 0 Å². The highest BCUT2D eigenvalue weighted by Crippen LogP contribution is 2.18. The van der Waals surface area contributed by atoms with Crippen LogP contribution < -0.4 is 0 Å². The van der Waals surface area contributed by atoms with E-state index in [4.69, 9.17) is 4.74 Å². The number of esters is 1. The molecule has 0 aliphatic carbocycles. The maximum absolute atomic E-state index is 11.7. The molecule has 1 aromatic carbocycles. The Balaban J connectivity index is 2.59. The summed E-state index contributed by atoms with van der Waals surface area (Å²) in [6.07, 6.45) is 0.717. The minimum Gasteiger partial charge on any atom is -0.465 e. The van der Waals surface area contributed by atoms with E-state index < -0.39 is 5.41 Å². The molecule has 20 heavy (non-hydrogen) atoms. The summed E-state index contributed by atoms with van der Waals surface area (Å²) >= 11 is 0. The number of aliphatic hydroxyl groups is 1. The maximum atomic E-state index is 11.7. The zero-order valence-corrected chi connectivity index (χ0v) is 13.2. The van der Waals surface area contributed by atoms with E-state index in [1.807, 2.05) is 20.8 Å². The van der Waals surface area contributed by atoms with Crippen LogP contribution in [0.25, 0.3) is 0 Å². The monoisotopic (exact) mass is 278 g/mol. The quantitative estimate of drug-likeness (QED) is 0.842. The lowest BCUT2D eigenvalue weighted by Gasteiger charge is -2.20. The molecule has 3 heteroatoms. The van der Waals surface area contributed by atoms with Gasteiger partial charge in [0.25, 0.3) is 0 Å². The highest BCUT2D eigenvalue weighted by atomic mass is 16.5. The van der Waals surface area contributed by atoms with E-state index in [9.17, 15) is 9.90 Å². The summed E-state index contributed by atoms with van der Waals surface area (Å²) in [5.74, 6) is -0.278. The minimum absolute atomic E-state index is 0.0182. The Bertz CT molecular complexity index is 458. The number of rotatable bonds is 5. The van der Waals surface area contributed by atoms with E-state index in [2.05, 4.69) is 32.0 Å². The second kappa shape index (κ2) is 6.89. The lowest BCUT2D eigenvalue weighted by Crippen LogP contribution is -2.27. The van der Waals surface area contributed by atoms with E-state index in [0.717, 1.165) is 6.42 Å². The summed E-state index contributed by atoms with van der Waals surface area (Å²) in [4.78, 5) is 11.7. The molecule has 0 aliphatic heterocycles. The molecule has 0 aliphatic rings. The van der Waals surface area contributed by atoms with Gasteiger partial charge in [0.1, 0.15) is 0 Å². The molecule has 1 N–H and O–H groups in total. The van der Waals surface area contributed by atoms with E-state index in [-0.39, 0.29) is 25.1 Å². The average molecular weight is 278 g/mol. The third-order valence-electron chi connectivity index (χ3n) is 3.42. The Morgan fingerprint density at radius 1 is 1.25 bits per heavy atom. The van der Waals surface area contributed by atoms with Crippen molar-refractivity contribution in [1.29, 1.82) is 0 Å². The molecule has 1 aromatic rings. The highest BCUT2D eigenvalue weighted by Gasteiger charge is 2.24. The van der Waals surface area contributed by atoms with Crippen molar-refractivity contribution >= 4 is 5.97 Å². The summed E-state index contributed by atoms with van der Waals surface area (Å²) in [5, 5.41) is 9.44. The van der Waals surface area contributed by atoms with E-state index in [0.29, 0.717) is 0 Å². The van der Waals surface area contributed by atoms with Crippen LogP contribution in [0.2, 0.25) is 0 Å². The predicted octanol–water partition coefficient (Wildman–Crippen LogP) is 3.04. The molecule has 0 saturated carbocycles. The first-order chi connectivity index (χ1) is 9.24. The van der Waals surface area contributed by atoms with Gasteiger partial charge in [-0.15, -0.1) is 0 Å². The third-order valence-corrected chi connectivity index (χ3v) is 3.42. The molecular weight excluding hydrogens is 252 g/mol. The first-order valence-corrected chi connectivity index (χ1v) is 7.08. The molecule has 0 amide bonds. The second-order valence-corrected chi connectivity index (χ2v) is 6.52. The molecule has 112 valence electrons. The Hall–Kier alpha value is -1.35. The predicted molar refractivity (Wildman–Crippen MR) is 80.6 cm³/mol. The van der Waals surface area contributed by atoms with Crippen molar-refractivity contribution in [2.45, 2.75) is 41.0 Å². The van der Waals surface area contributed by atoms with Crippen LogP contribution in [0.5, 0.6) is 0 Å². The minimum atomic E-state index is -0.500. The molecular formula is C17H26O3. The number of benzene rings is 1. The van der Waals surface area contributed by atoms with Gasteiger partial charge in [0, 0.05) is 12.5 Å². The fourth-order valence-electron chi connectivity index (χ4n) is 1.85. The number of ether oxygens (including phenoxy) is 1. The lowest BCUT2D eigenvalue weighted by atomic mass is 9.96. The van der Waals surface area contributed by atoms with Gasteiger partial charge in [0.05, 0.1) is 12.0 Å². The van der Waals surface area contributed by atoms with Crippen molar-refractivity contribution in [3.8, 4) is 0 Å². The molecule has 0 fully saturated rings. The Morgan fingerprint density at radius 3 is 2.40 bits per heavy atom. The van der Waals surface area contributed by atoms with E-state index in [1.54, 1.807) is 0 Å². The Morgan fingerprint density at radius 2 is 1.90 bits per heavy atom. The average Bonchev–Trinajstić information content (AvgIpc) is 2.37. The molecule has 0 spiro atoms. The number of hydrogen-bond donors (Lipinski definition) is 1. The van der Waals surface area contributed by atoms with Crippen molar-refractivity contribution in [2.24, 2.45) is 11.3 Å². The highest BCUT2D eigenvalue weighted by molar-refractivity contribution is 5.75.